The molecule has 0 saturated carbocycles. The van der Waals surface area contributed by atoms with Crippen molar-refractivity contribution in [3.8, 4) is 5.75 Å². The van der Waals surface area contributed by atoms with Gasteiger partial charge in [-0.2, -0.15) is 0 Å². The lowest BCUT2D eigenvalue weighted by molar-refractivity contribution is 0.414. The maximum atomic E-state index is 5.38. The summed E-state index contributed by atoms with van der Waals surface area (Å²) in [7, 11) is 1.68. The highest BCUT2D eigenvalue weighted by Crippen LogP contribution is 2.38. The second kappa shape index (κ2) is 3.94. The van der Waals surface area contributed by atoms with Gasteiger partial charge in [0, 0.05) is 23.7 Å². The van der Waals surface area contributed by atoms with Crippen LogP contribution in [0.5, 0.6) is 5.75 Å². The number of nitrogens with one attached hydrogen (secondary N) is 1. The molecular formula is C14H12N2O. The third-order valence-electron chi connectivity index (χ3n) is 2.79. The first-order chi connectivity index (χ1) is 8.38. The molecule has 1 N–H and O–H groups in total. The van der Waals surface area contributed by atoms with Crippen LogP contribution in [0.3, 0.4) is 0 Å². The molecule has 0 amide bonds. The summed E-state index contributed by atoms with van der Waals surface area (Å²) in [6, 6.07) is 9.89. The van der Waals surface area contributed by atoms with Crippen molar-refractivity contribution in [3.05, 3.63) is 47.8 Å². The Kier molecular flexibility index (Phi) is 2.29. The minimum Gasteiger partial charge on any atom is -0.496 e. The van der Waals surface area contributed by atoms with Crippen LogP contribution in [-0.4, -0.2) is 18.3 Å². The Labute approximate surface area is 99.5 Å². The lowest BCUT2D eigenvalue weighted by Crippen LogP contribution is -1.89. The summed E-state index contributed by atoms with van der Waals surface area (Å²) in [6.45, 7) is 0. The van der Waals surface area contributed by atoms with Gasteiger partial charge in [0.25, 0.3) is 0 Å². The van der Waals surface area contributed by atoms with Crippen molar-refractivity contribution in [1.29, 1.82) is 0 Å². The van der Waals surface area contributed by atoms with Crippen molar-refractivity contribution in [2.24, 2.45) is 4.99 Å². The maximum Gasteiger partial charge on any atom is 0.128 e. The van der Waals surface area contributed by atoms with Gasteiger partial charge in [-0.3, -0.25) is 4.99 Å². The van der Waals surface area contributed by atoms with Gasteiger partial charge in [0.2, 0.25) is 0 Å². The van der Waals surface area contributed by atoms with Crippen LogP contribution in [0.4, 0.5) is 5.69 Å². The Morgan fingerprint density at radius 2 is 2.18 bits per heavy atom. The Hall–Kier alpha value is -2.29. The number of benzene rings is 1. The van der Waals surface area contributed by atoms with E-state index in [-0.39, 0.29) is 0 Å². The summed E-state index contributed by atoms with van der Waals surface area (Å²) < 4.78 is 5.38. The van der Waals surface area contributed by atoms with E-state index in [1.807, 2.05) is 42.7 Å². The zero-order valence-electron chi connectivity index (χ0n) is 9.47. The van der Waals surface area contributed by atoms with Crippen molar-refractivity contribution in [3.63, 3.8) is 0 Å². The second-order valence-electron chi connectivity index (χ2n) is 3.84. The van der Waals surface area contributed by atoms with Gasteiger partial charge in [-0.1, -0.05) is 6.07 Å². The number of methoxy groups -OCH3 is 1. The molecule has 3 rings (SSSR count). The number of hydrogen-bond acceptors (Lipinski definition) is 2. The predicted octanol–water partition coefficient (Wildman–Crippen LogP) is 3.28. The minimum absolute atomic E-state index is 0.859. The molecule has 2 aromatic rings. The Morgan fingerprint density at radius 3 is 2.94 bits per heavy atom. The quantitative estimate of drug-likeness (QED) is 0.835. The van der Waals surface area contributed by atoms with Crippen molar-refractivity contribution >= 4 is 23.6 Å². The molecule has 0 unspecified atom stereocenters. The van der Waals surface area contributed by atoms with E-state index in [1.165, 1.54) is 0 Å². The molecule has 2 heterocycles. The van der Waals surface area contributed by atoms with E-state index in [9.17, 15) is 0 Å². The number of fused-ring (bicyclic) bond motifs is 1. The Balaban J connectivity index is 2.12. The van der Waals surface area contributed by atoms with Crippen molar-refractivity contribution < 1.29 is 4.74 Å². The molecule has 0 bridgehead atoms. The summed E-state index contributed by atoms with van der Waals surface area (Å²) in [6.07, 6.45) is 5.84. The zero-order chi connectivity index (χ0) is 11.7. The van der Waals surface area contributed by atoms with E-state index in [0.29, 0.717) is 0 Å². The number of nitrogens with zero attached hydrogens (tertiary/aromatic N) is 1. The van der Waals surface area contributed by atoms with Crippen LogP contribution in [0.15, 0.2) is 41.5 Å². The smallest absolute Gasteiger partial charge is 0.128 e. The fraction of sp³-hybridized carbons (Fsp3) is 0.0714. The topological polar surface area (TPSA) is 37.4 Å². The molecule has 3 nitrogen and oxygen atoms in total. The van der Waals surface area contributed by atoms with Crippen LogP contribution in [0.2, 0.25) is 0 Å². The summed E-state index contributed by atoms with van der Waals surface area (Å²) >= 11 is 0. The first-order valence-electron chi connectivity index (χ1n) is 5.45. The zero-order valence-corrected chi connectivity index (χ0v) is 9.47. The molecule has 3 heteroatoms. The fourth-order valence-corrected chi connectivity index (χ4v) is 2.00. The van der Waals surface area contributed by atoms with Gasteiger partial charge in [-0.15, -0.1) is 0 Å². The molecule has 1 aromatic carbocycles. The summed E-state index contributed by atoms with van der Waals surface area (Å²) in [5, 5.41) is 0. The maximum absolute atomic E-state index is 5.38. The van der Waals surface area contributed by atoms with E-state index in [1.54, 1.807) is 7.11 Å². The molecular weight excluding hydrogens is 212 g/mol. The van der Waals surface area contributed by atoms with Gasteiger partial charge < -0.3 is 9.72 Å². The van der Waals surface area contributed by atoms with Crippen molar-refractivity contribution in [1.82, 2.24) is 4.98 Å². The molecule has 0 fully saturated rings. The average molecular weight is 224 g/mol. The van der Waals surface area contributed by atoms with Gasteiger partial charge in [-0.25, -0.2) is 0 Å². The number of aromatic amines is 1. The molecule has 0 aliphatic carbocycles. The van der Waals surface area contributed by atoms with Gasteiger partial charge >= 0.3 is 0 Å². The van der Waals surface area contributed by atoms with E-state index >= 15 is 0 Å². The lowest BCUT2D eigenvalue weighted by Gasteiger charge is -2.06. The normalized spacial score (nSPS) is 15.2. The first kappa shape index (κ1) is 9.90. The molecule has 84 valence electrons. The number of rotatable bonds is 2. The number of aliphatic imine (C=N–C) groups is 1. The molecule has 17 heavy (non-hydrogen) atoms. The van der Waals surface area contributed by atoms with Gasteiger partial charge in [0.1, 0.15) is 5.75 Å². The monoisotopic (exact) mass is 224 g/mol. The Bertz CT molecular complexity index is 595. The minimum atomic E-state index is 0.859. The highest BCUT2D eigenvalue weighted by molar-refractivity contribution is 6.22. The van der Waals surface area contributed by atoms with Crippen molar-refractivity contribution in [2.75, 3.05) is 7.11 Å². The van der Waals surface area contributed by atoms with Crippen LogP contribution in [0.1, 0.15) is 11.3 Å². The molecule has 1 aromatic heterocycles. The Morgan fingerprint density at radius 1 is 1.24 bits per heavy atom. The van der Waals surface area contributed by atoms with Crippen LogP contribution < -0.4 is 4.74 Å². The standard InChI is InChI=1S/C14H12N2O/c1-17-13-6-2-5-12-14(13)10(9-16-12)8-11-4-3-7-15-11/h2-9,15H,1H3. The third-order valence-corrected chi connectivity index (χ3v) is 2.79. The second-order valence-corrected chi connectivity index (χ2v) is 3.84. The summed E-state index contributed by atoms with van der Waals surface area (Å²) in [5.74, 6) is 0.859. The molecule has 0 atom stereocenters. The van der Waals surface area contributed by atoms with Gasteiger partial charge in [0.15, 0.2) is 0 Å². The summed E-state index contributed by atoms with van der Waals surface area (Å²) in [4.78, 5) is 7.54. The predicted molar refractivity (Wildman–Crippen MR) is 69.8 cm³/mol. The van der Waals surface area contributed by atoms with E-state index in [0.717, 1.165) is 28.3 Å². The van der Waals surface area contributed by atoms with E-state index in [4.69, 9.17) is 4.74 Å². The van der Waals surface area contributed by atoms with E-state index in [2.05, 4.69) is 16.1 Å². The number of allylic oxidation sites excluding steroid dienone is 1. The van der Waals surface area contributed by atoms with Gasteiger partial charge in [0.05, 0.1) is 18.4 Å². The number of ether oxygens (including phenoxy) is 1. The number of aromatic nitrogens is 1. The summed E-state index contributed by atoms with van der Waals surface area (Å²) in [5.41, 5.74) is 4.15. The molecule has 0 saturated heterocycles. The van der Waals surface area contributed by atoms with Crippen LogP contribution >= 0.6 is 0 Å². The number of H-pyrrole nitrogens is 1. The average Bonchev–Trinajstić information content (AvgIpc) is 2.99. The SMILES string of the molecule is COc1cccc2c1C(=Cc1ccc[nH]1)C=N2. The number of hydrogen-bond donors (Lipinski definition) is 1. The fourth-order valence-electron chi connectivity index (χ4n) is 2.00. The van der Waals surface area contributed by atoms with Crippen LogP contribution in [0, 0.1) is 0 Å². The third kappa shape index (κ3) is 1.65. The highest BCUT2D eigenvalue weighted by atomic mass is 16.5. The lowest BCUT2D eigenvalue weighted by atomic mass is 10.1. The molecule has 0 spiro atoms. The van der Waals surface area contributed by atoms with Crippen molar-refractivity contribution in [2.45, 2.75) is 0 Å². The molecule has 1 aliphatic heterocycles. The molecule has 1 aliphatic rings. The van der Waals surface area contributed by atoms with E-state index < -0.39 is 0 Å². The molecule has 0 radical (unpaired) electrons. The van der Waals surface area contributed by atoms with Crippen LogP contribution in [0.25, 0.3) is 11.6 Å². The van der Waals surface area contributed by atoms with Gasteiger partial charge in [-0.05, 0) is 30.3 Å². The highest BCUT2D eigenvalue weighted by Gasteiger charge is 2.16. The first-order valence-corrected chi connectivity index (χ1v) is 5.45. The largest absolute Gasteiger partial charge is 0.496 e. The van der Waals surface area contributed by atoms with Crippen LogP contribution in [-0.2, 0) is 0 Å².